The van der Waals surface area contributed by atoms with Crippen molar-refractivity contribution < 1.29 is 5.11 Å². The van der Waals surface area contributed by atoms with Gasteiger partial charge in [-0.1, -0.05) is 44.5 Å². The number of aromatic nitrogens is 3. The van der Waals surface area contributed by atoms with E-state index in [2.05, 4.69) is 22.7 Å². The van der Waals surface area contributed by atoms with E-state index in [4.69, 9.17) is 11.6 Å². The smallest absolute Gasteiger partial charge is 0.137 e. The van der Waals surface area contributed by atoms with Crippen LogP contribution in [-0.2, 0) is 6.54 Å². The van der Waals surface area contributed by atoms with Crippen LogP contribution in [0, 0.1) is 5.41 Å². The quantitative estimate of drug-likeness (QED) is 0.847. The van der Waals surface area contributed by atoms with Gasteiger partial charge in [-0.15, -0.1) is 0 Å². The molecule has 6 heteroatoms. The van der Waals surface area contributed by atoms with Crippen molar-refractivity contribution in [2.24, 2.45) is 5.41 Å². The second-order valence-electron chi connectivity index (χ2n) is 6.22. The first-order chi connectivity index (χ1) is 9.74. The van der Waals surface area contributed by atoms with E-state index in [1.165, 1.54) is 6.33 Å². The third-order valence-electron chi connectivity index (χ3n) is 3.81. The molecular formula is C15H20ClN3OS. The van der Waals surface area contributed by atoms with Crippen LogP contribution in [0.15, 0.2) is 36.9 Å². The normalized spacial score (nSPS) is 16.5. The van der Waals surface area contributed by atoms with Crippen LogP contribution in [0.4, 0.5) is 0 Å². The van der Waals surface area contributed by atoms with Crippen molar-refractivity contribution in [3.05, 3.63) is 47.5 Å². The summed E-state index contributed by atoms with van der Waals surface area (Å²) in [5.41, 5.74) is -0.580. The maximum absolute atomic E-state index is 11.3. The minimum Gasteiger partial charge on any atom is -0.386 e. The average molecular weight is 326 g/mol. The number of rotatable bonds is 4. The van der Waals surface area contributed by atoms with Gasteiger partial charge in [-0.25, -0.2) is 4.98 Å². The molecule has 0 radical (unpaired) electrons. The first-order valence-electron chi connectivity index (χ1n) is 6.72. The van der Waals surface area contributed by atoms with Gasteiger partial charge in [0.2, 0.25) is 0 Å². The fourth-order valence-corrected chi connectivity index (χ4v) is 2.98. The molecule has 0 saturated heterocycles. The molecule has 0 amide bonds. The monoisotopic (exact) mass is 325 g/mol. The Morgan fingerprint density at radius 3 is 2.38 bits per heavy atom. The van der Waals surface area contributed by atoms with Gasteiger partial charge >= 0.3 is 0 Å². The van der Waals surface area contributed by atoms with Crippen molar-refractivity contribution in [1.29, 1.82) is 0 Å². The number of aliphatic hydroxyl groups is 1. The summed E-state index contributed by atoms with van der Waals surface area (Å²) < 4.78 is 1.63. The zero-order valence-electron chi connectivity index (χ0n) is 12.4. The lowest BCUT2D eigenvalue weighted by Gasteiger charge is -2.44. The molecule has 0 fully saturated rings. The van der Waals surface area contributed by atoms with Crippen LogP contribution >= 0.6 is 24.2 Å². The van der Waals surface area contributed by atoms with E-state index in [1.54, 1.807) is 23.1 Å². The Labute approximate surface area is 135 Å². The van der Waals surface area contributed by atoms with Gasteiger partial charge in [-0.3, -0.25) is 4.68 Å². The van der Waals surface area contributed by atoms with Crippen LogP contribution in [0.1, 0.15) is 31.6 Å². The fraction of sp³-hybridized carbons (Fsp3) is 0.467. The Morgan fingerprint density at radius 1 is 1.29 bits per heavy atom. The lowest BCUT2D eigenvalue weighted by Crippen LogP contribution is -2.50. The highest BCUT2D eigenvalue weighted by Crippen LogP contribution is 2.45. The van der Waals surface area contributed by atoms with E-state index in [0.717, 1.165) is 5.56 Å². The summed E-state index contributed by atoms with van der Waals surface area (Å²) in [6, 6.07) is 7.38. The number of hydrogen-bond donors (Lipinski definition) is 2. The van der Waals surface area contributed by atoms with Crippen molar-refractivity contribution in [1.82, 2.24) is 14.8 Å². The van der Waals surface area contributed by atoms with Gasteiger partial charge in [-0.05, 0) is 23.1 Å². The minimum atomic E-state index is -1.10. The predicted octanol–water partition coefficient (Wildman–Crippen LogP) is 3.38. The van der Waals surface area contributed by atoms with Gasteiger partial charge in [0.15, 0.2) is 0 Å². The second kappa shape index (κ2) is 5.99. The van der Waals surface area contributed by atoms with Gasteiger partial charge in [0.1, 0.15) is 18.3 Å². The molecule has 114 valence electrons. The molecule has 1 heterocycles. The maximum atomic E-state index is 11.3. The van der Waals surface area contributed by atoms with Gasteiger partial charge in [0, 0.05) is 5.02 Å². The van der Waals surface area contributed by atoms with Crippen molar-refractivity contribution >= 4 is 24.2 Å². The Kier molecular flexibility index (Phi) is 4.66. The molecule has 0 bridgehead atoms. The zero-order chi connectivity index (χ0) is 15.7. The lowest BCUT2D eigenvalue weighted by molar-refractivity contribution is -0.0751. The first kappa shape index (κ1) is 16.3. The largest absolute Gasteiger partial charge is 0.386 e. The molecular weight excluding hydrogens is 306 g/mol. The topological polar surface area (TPSA) is 50.9 Å². The molecule has 2 rings (SSSR count). The summed E-state index contributed by atoms with van der Waals surface area (Å²) in [6.07, 6.45) is 3.05. The number of nitrogens with zero attached hydrogens (tertiary/aromatic N) is 3. The lowest BCUT2D eigenvalue weighted by atomic mass is 9.72. The van der Waals surface area contributed by atoms with Crippen molar-refractivity contribution in [3.63, 3.8) is 0 Å². The first-order valence-corrected chi connectivity index (χ1v) is 7.62. The highest BCUT2D eigenvalue weighted by Gasteiger charge is 2.46. The zero-order valence-corrected chi connectivity index (χ0v) is 14.0. The van der Waals surface area contributed by atoms with Crippen molar-refractivity contribution in [2.45, 2.75) is 38.2 Å². The van der Waals surface area contributed by atoms with Crippen LogP contribution < -0.4 is 0 Å². The highest BCUT2D eigenvalue weighted by molar-refractivity contribution is 7.80. The Bertz CT molecular complexity index is 580. The summed E-state index contributed by atoms with van der Waals surface area (Å²) in [6.45, 7) is 6.28. The molecule has 0 saturated carbocycles. The second-order valence-corrected chi connectivity index (χ2v) is 7.17. The summed E-state index contributed by atoms with van der Waals surface area (Å²) in [7, 11) is 0. The molecule has 1 aromatic carbocycles. The van der Waals surface area contributed by atoms with E-state index >= 15 is 0 Å². The molecule has 4 nitrogen and oxygen atoms in total. The fourth-order valence-electron chi connectivity index (χ4n) is 2.22. The summed E-state index contributed by atoms with van der Waals surface area (Å²) in [4.78, 5) is 3.93. The molecule has 1 N–H and O–H groups in total. The molecule has 1 aromatic heterocycles. The number of thiol groups is 1. The molecule has 21 heavy (non-hydrogen) atoms. The van der Waals surface area contributed by atoms with E-state index < -0.39 is 11.0 Å². The Hall–Kier alpha value is -1.04. The molecule has 0 aliphatic rings. The molecule has 2 atom stereocenters. The molecule has 2 unspecified atom stereocenters. The van der Waals surface area contributed by atoms with Gasteiger partial charge in [-0.2, -0.15) is 17.7 Å². The van der Waals surface area contributed by atoms with Crippen molar-refractivity contribution in [3.8, 4) is 0 Å². The van der Waals surface area contributed by atoms with Crippen LogP contribution in [-0.4, -0.2) is 25.5 Å². The van der Waals surface area contributed by atoms with Gasteiger partial charge in [0.05, 0.1) is 11.8 Å². The molecule has 0 aliphatic carbocycles. The van der Waals surface area contributed by atoms with Crippen molar-refractivity contribution in [2.75, 3.05) is 0 Å². The van der Waals surface area contributed by atoms with Crippen LogP contribution in [0.3, 0.4) is 0 Å². The third-order valence-corrected chi connectivity index (χ3v) is 4.78. The van der Waals surface area contributed by atoms with Gasteiger partial charge < -0.3 is 5.11 Å². The SMILES string of the molecule is CC(C)(C)C(O)(Cn1cncn1)C(S)c1ccc(Cl)cc1. The van der Waals surface area contributed by atoms with E-state index in [-0.39, 0.29) is 5.25 Å². The maximum Gasteiger partial charge on any atom is 0.137 e. The highest BCUT2D eigenvalue weighted by atomic mass is 35.5. The molecule has 0 spiro atoms. The Balaban J connectivity index is 2.37. The van der Waals surface area contributed by atoms with E-state index in [9.17, 15) is 5.11 Å². The number of halogens is 1. The Morgan fingerprint density at radius 2 is 1.90 bits per heavy atom. The van der Waals surface area contributed by atoms with E-state index in [1.807, 2.05) is 32.9 Å². The molecule has 2 aromatic rings. The average Bonchev–Trinajstić information content (AvgIpc) is 2.90. The summed E-state index contributed by atoms with van der Waals surface area (Å²) in [5, 5.41) is 15.7. The number of benzene rings is 1. The van der Waals surface area contributed by atoms with E-state index in [0.29, 0.717) is 11.6 Å². The number of hydrogen-bond acceptors (Lipinski definition) is 4. The van der Waals surface area contributed by atoms with Crippen LogP contribution in [0.5, 0.6) is 0 Å². The predicted molar refractivity (Wildman–Crippen MR) is 87.6 cm³/mol. The summed E-state index contributed by atoms with van der Waals surface area (Å²) in [5.74, 6) is 0. The summed E-state index contributed by atoms with van der Waals surface area (Å²) >= 11 is 10.6. The molecule has 0 aliphatic heterocycles. The third kappa shape index (κ3) is 3.42. The minimum absolute atomic E-state index is 0.313. The standard InChI is InChI=1S/C15H20ClN3OS/c1-14(2,3)15(20,8-19-10-17-9-18-19)13(21)11-4-6-12(16)7-5-11/h4-7,9-10,13,20-21H,8H2,1-3H3. The van der Waals surface area contributed by atoms with Crippen LogP contribution in [0.25, 0.3) is 0 Å². The van der Waals surface area contributed by atoms with Crippen LogP contribution in [0.2, 0.25) is 5.02 Å². The van der Waals surface area contributed by atoms with Gasteiger partial charge in [0.25, 0.3) is 0 Å².